The van der Waals surface area contributed by atoms with Gasteiger partial charge in [-0.25, -0.2) is 4.79 Å². The number of anilines is 1. The third-order valence-electron chi connectivity index (χ3n) is 4.86. The van der Waals surface area contributed by atoms with E-state index in [9.17, 15) is 13.2 Å². The Bertz CT molecular complexity index is 812. The highest BCUT2D eigenvalue weighted by Crippen LogP contribution is 2.40. The molecule has 32 heavy (non-hydrogen) atoms. The zero-order valence-electron chi connectivity index (χ0n) is 19.3. The van der Waals surface area contributed by atoms with Crippen LogP contribution in [0.3, 0.4) is 0 Å². The summed E-state index contributed by atoms with van der Waals surface area (Å²) in [5.74, 6) is 1.35. The second-order valence-electron chi connectivity index (χ2n) is 7.75. The Hall–Kier alpha value is -2.04. The molecule has 0 radical (unpaired) electrons. The third kappa shape index (κ3) is 8.84. The van der Waals surface area contributed by atoms with Gasteiger partial charge in [-0.3, -0.25) is 4.90 Å². The fourth-order valence-electron chi connectivity index (χ4n) is 2.99. The maximum Gasteiger partial charge on any atom is 0.431 e. The molecule has 0 spiro atoms. The van der Waals surface area contributed by atoms with Crippen molar-refractivity contribution >= 4 is 22.1 Å². The van der Waals surface area contributed by atoms with Crippen molar-refractivity contribution < 1.29 is 31.6 Å². The number of rotatable bonds is 16. The Morgan fingerprint density at radius 3 is 2.44 bits per heavy atom. The number of ether oxygens (including phenoxy) is 3. The Balaban J connectivity index is 2.24. The maximum absolute atomic E-state index is 13.0. The van der Waals surface area contributed by atoms with Crippen LogP contribution in [0, 0.1) is 5.92 Å². The summed E-state index contributed by atoms with van der Waals surface area (Å²) in [6.45, 7) is 5.50. The molecule has 0 heterocycles. The van der Waals surface area contributed by atoms with Gasteiger partial charge in [0.15, 0.2) is 0 Å². The predicted molar refractivity (Wildman–Crippen MR) is 123 cm³/mol. The fourth-order valence-corrected chi connectivity index (χ4v) is 3.72. The SMILES string of the molecule is CCCCCNS(=O)(=O)OC(=O)N(CCC)c1c(OCCOC)cccc1OCC1CC1. The van der Waals surface area contributed by atoms with Gasteiger partial charge in [0.05, 0.1) is 13.2 Å². The van der Waals surface area contributed by atoms with Gasteiger partial charge >= 0.3 is 16.4 Å². The van der Waals surface area contributed by atoms with E-state index in [-0.39, 0.29) is 19.7 Å². The second-order valence-corrected chi connectivity index (χ2v) is 9.12. The zero-order valence-corrected chi connectivity index (χ0v) is 20.1. The molecule has 10 heteroatoms. The van der Waals surface area contributed by atoms with Crippen molar-refractivity contribution in [2.24, 2.45) is 5.92 Å². The van der Waals surface area contributed by atoms with E-state index in [2.05, 4.69) is 4.72 Å². The molecule has 1 amide bonds. The van der Waals surface area contributed by atoms with Crippen LogP contribution in [0.25, 0.3) is 0 Å². The Morgan fingerprint density at radius 1 is 1.09 bits per heavy atom. The second kappa shape index (κ2) is 13.5. The molecule has 0 saturated heterocycles. The highest BCUT2D eigenvalue weighted by molar-refractivity contribution is 7.85. The zero-order chi connectivity index (χ0) is 23.4. The lowest BCUT2D eigenvalue weighted by atomic mass is 10.2. The topological polar surface area (TPSA) is 103 Å². The predicted octanol–water partition coefficient (Wildman–Crippen LogP) is 3.88. The molecule has 1 aliphatic rings. The number of hydrogen-bond donors (Lipinski definition) is 1. The molecule has 0 bridgehead atoms. The van der Waals surface area contributed by atoms with E-state index in [0.717, 1.165) is 25.7 Å². The van der Waals surface area contributed by atoms with Crippen molar-refractivity contribution in [3.05, 3.63) is 18.2 Å². The Labute approximate surface area is 191 Å². The molecule has 1 fully saturated rings. The highest BCUT2D eigenvalue weighted by atomic mass is 32.2. The van der Waals surface area contributed by atoms with E-state index in [1.807, 2.05) is 13.8 Å². The maximum atomic E-state index is 13.0. The molecule has 2 rings (SSSR count). The molecule has 182 valence electrons. The van der Waals surface area contributed by atoms with E-state index in [4.69, 9.17) is 18.4 Å². The van der Waals surface area contributed by atoms with Gasteiger partial charge in [0, 0.05) is 20.2 Å². The number of hydrogen-bond acceptors (Lipinski definition) is 7. The molecule has 9 nitrogen and oxygen atoms in total. The summed E-state index contributed by atoms with van der Waals surface area (Å²) in [5, 5.41) is 0. The van der Waals surface area contributed by atoms with Gasteiger partial charge < -0.3 is 18.4 Å². The average Bonchev–Trinajstić information content (AvgIpc) is 3.58. The molecular weight excluding hydrogens is 436 g/mol. The largest absolute Gasteiger partial charge is 0.491 e. The summed E-state index contributed by atoms with van der Waals surface area (Å²) in [4.78, 5) is 14.2. The average molecular weight is 473 g/mol. The first-order valence-corrected chi connectivity index (χ1v) is 12.7. The molecule has 0 unspecified atom stereocenters. The van der Waals surface area contributed by atoms with E-state index >= 15 is 0 Å². The van der Waals surface area contributed by atoms with Crippen LogP contribution in [0.5, 0.6) is 11.5 Å². The van der Waals surface area contributed by atoms with Gasteiger partial charge in [0.1, 0.15) is 23.8 Å². The van der Waals surface area contributed by atoms with E-state index in [0.29, 0.717) is 49.2 Å². The number of carbonyl (C=O) groups excluding carboxylic acids is 1. The van der Waals surface area contributed by atoms with Gasteiger partial charge in [0.2, 0.25) is 0 Å². The fraction of sp³-hybridized carbons (Fsp3) is 0.682. The summed E-state index contributed by atoms with van der Waals surface area (Å²) >= 11 is 0. The standard InChI is InChI=1S/C22H36N2O7S/c1-4-6-7-13-23-32(26,27)31-22(25)24(14-5-2)21-19(29-16-15-28-3)9-8-10-20(21)30-17-18-11-12-18/h8-10,18,23H,4-7,11-17H2,1-3H3. The minimum Gasteiger partial charge on any atom is -0.491 e. The third-order valence-corrected chi connectivity index (χ3v) is 5.78. The molecule has 0 aliphatic heterocycles. The van der Waals surface area contributed by atoms with Gasteiger partial charge in [0.25, 0.3) is 0 Å². The van der Waals surface area contributed by atoms with Gasteiger partial charge in [-0.15, -0.1) is 0 Å². The van der Waals surface area contributed by atoms with Crippen molar-refractivity contribution in [1.29, 1.82) is 0 Å². The van der Waals surface area contributed by atoms with Crippen molar-refractivity contribution in [1.82, 2.24) is 4.72 Å². The first-order valence-electron chi connectivity index (χ1n) is 11.3. The van der Waals surface area contributed by atoms with Gasteiger partial charge in [-0.05, 0) is 43.7 Å². The molecule has 1 aromatic rings. The smallest absolute Gasteiger partial charge is 0.431 e. The van der Waals surface area contributed by atoms with Crippen LogP contribution in [0.4, 0.5) is 10.5 Å². The summed E-state index contributed by atoms with van der Waals surface area (Å²) in [5.41, 5.74) is 0.359. The van der Waals surface area contributed by atoms with Gasteiger partial charge in [-0.2, -0.15) is 13.1 Å². The Kier molecular flexibility index (Phi) is 11.1. The van der Waals surface area contributed by atoms with Crippen LogP contribution in [0.15, 0.2) is 18.2 Å². The lowest BCUT2D eigenvalue weighted by Gasteiger charge is -2.26. The molecule has 1 aliphatic carbocycles. The number of nitrogens with zero attached hydrogens (tertiary/aromatic N) is 1. The minimum absolute atomic E-state index is 0.212. The summed E-state index contributed by atoms with van der Waals surface area (Å²) in [7, 11) is -2.67. The lowest BCUT2D eigenvalue weighted by molar-refractivity contribution is 0.146. The quantitative estimate of drug-likeness (QED) is 0.364. The number of carbonyl (C=O) groups is 1. The van der Waals surface area contributed by atoms with E-state index < -0.39 is 16.4 Å². The van der Waals surface area contributed by atoms with Crippen molar-refractivity contribution in [2.45, 2.75) is 52.4 Å². The van der Waals surface area contributed by atoms with Crippen molar-refractivity contribution in [2.75, 3.05) is 44.9 Å². The number of nitrogens with one attached hydrogen (secondary N) is 1. The molecule has 1 aromatic carbocycles. The number of methoxy groups -OCH3 is 1. The van der Waals surface area contributed by atoms with E-state index in [1.165, 1.54) is 4.90 Å². The van der Waals surface area contributed by atoms with Crippen LogP contribution in [0.1, 0.15) is 52.4 Å². The monoisotopic (exact) mass is 472 g/mol. The molecule has 0 aromatic heterocycles. The normalized spacial score (nSPS) is 13.6. The van der Waals surface area contributed by atoms with Crippen LogP contribution in [0.2, 0.25) is 0 Å². The van der Waals surface area contributed by atoms with E-state index in [1.54, 1.807) is 25.3 Å². The summed E-state index contributed by atoms with van der Waals surface area (Å²) < 4.78 is 48.6. The minimum atomic E-state index is -4.24. The first kappa shape index (κ1) is 26.2. The molecule has 1 N–H and O–H groups in total. The number of para-hydroxylation sites is 1. The van der Waals surface area contributed by atoms with Gasteiger partial charge in [-0.1, -0.05) is 32.8 Å². The molecule has 1 saturated carbocycles. The van der Waals surface area contributed by atoms with Crippen LogP contribution < -0.4 is 19.1 Å². The number of unbranched alkanes of at least 4 members (excludes halogenated alkanes) is 2. The van der Waals surface area contributed by atoms with Crippen molar-refractivity contribution in [3.63, 3.8) is 0 Å². The molecule has 0 atom stereocenters. The number of benzene rings is 1. The van der Waals surface area contributed by atoms with Crippen LogP contribution >= 0.6 is 0 Å². The molecular formula is C22H36N2O7S. The van der Waals surface area contributed by atoms with Crippen LogP contribution in [-0.2, 0) is 19.2 Å². The Morgan fingerprint density at radius 2 is 1.81 bits per heavy atom. The summed E-state index contributed by atoms with van der Waals surface area (Å²) in [6.07, 6.45) is 4.30. The summed E-state index contributed by atoms with van der Waals surface area (Å²) in [6, 6.07) is 5.23. The van der Waals surface area contributed by atoms with Crippen LogP contribution in [-0.4, -0.2) is 54.5 Å². The lowest BCUT2D eigenvalue weighted by Crippen LogP contribution is -2.38. The van der Waals surface area contributed by atoms with Crippen molar-refractivity contribution in [3.8, 4) is 11.5 Å². The first-order chi connectivity index (χ1) is 15.4. The highest BCUT2D eigenvalue weighted by Gasteiger charge is 2.30. The number of amides is 1.